The van der Waals surface area contributed by atoms with Gasteiger partial charge >= 0.3 is 0 Å². The van der Waals surface area contributed by atoms with E-state index in [0.29, 0.717) is 17.6 Å². The molecular formula is C46H41F2N6+. The number of hydrogen-bond donors (Lipinski definition) is 2. The van der Waals surface area contributed by atoms with Gasteiger partial charge in [-0.3, -0.25) is 9.38 Å². The van der Waals surface area contributed by atoms with E-state index in [9.17, 15) is 8.78 Å². The fourth-order valence-electron chi connectivity index (χ4n) is 9.12. The minimum atomic E-state index is -0.233. The van der Waals surface area contributed by atoms with Crippen molar-refractivity contribution in [1.82, 2.24) is 28.5 Å². The maximum Gasteiger partial charge on any atom is 0.147 e. The average molecular weight is 716 g/mol. The Kier molecular flexibility index (Phi) is 8.58. The summed E-state index contributed by atoms with van der Waals surface area (Å²) in [6, 6.07) is 27.7. The van der Waals surface area contributed by atoms with Gasteiger partial charge in [-0.2, -0.15) is 0 Å². The van der Waals surface area contributed by atoms with Crippen LogP contribution in [0.15, 0.2) is 110 Å². The molecule has 268 valence electrons. The lowest BCUT2D eigenvalue weighted by molar-refractivity contribution is 0.103. The maximum absolute atomic E-state index is 14.5. The summed E-state index contributed by atoms with van der Waals surface area (Å²) < 4.78 is 33.8. The van der Waals surface area contributed by atoms with Crippen LogP contribution >= 0.6 is 0 Å². The molecule has 4 aromatic carbocycles. The quantitative estimate of drug-likeness (QED) is 0.108. The number of halogens is 2. The summed E-state index contributed by atoms with van der Waals surface area (Å²) in [6.45, 7) is 4.32. The number of aryl methyl sites for hydroxylation is 1. The first-order chi connectivity index (χ1) is 26.5. The van der Waals surface area contributed by atoms with Crippen LogP contribution in [0.25, 0.3) is 43.6 Å². The maximum atomic E-state index is 14.5. The highest BCUT2D eigenvalue weighted by atomic mass is 19.1. The molecule has 6 nitrogen and oxygen atoms in total. The zero-order valence-electron chi connectivity index (χ0n) is 30.0. The van der Waals surface area contributed by atoms with Gasteiger partial charge in [0, 0.05) is 71.8 Å². The molecule has 0 aliphatic carbocycles. The minimum absolute atomic E-state index is 0.158. The topological polar surface area (TPSA) is 44.7 Å². The molecule has 1 aliphatic heterocycles. The van der Waals surface area contributed by atoms with Crippen molar-refractivity contribution in [2.24, 2.45) is 0 Å². The number of nitrogens with zero attached hydrogens (tertiary/aromatic N) is 4. The fourth-order valence-corrected chi connectivity index (χ4v) is 9.12. The molecule has 1 unspecified atom stereocenters. The number of fused-ring (bicyclic) bond motifs is 4. The van der Waals surface area contributed by atoms with Gasteiger partial charge in [0.2, 0.25) is 0 Å². The SMILES string of the molecule is C#CCn1ccc2c([N+]3(c4cccc5c4ccn5CC#C)CCN(CCc4c[nH]c5ccc(F)cc45)C(CCc4c[nH]c5ccc(F)cc45)C3)cccc21. The highest BCUT2D eigenvalue weighted by Gasteiger charge is 2.44. The zero-order chi connectivity index (χ0) is 36.8. The van der Waals surface area contributed by atoms with Crippen LogP contribution in [0.1, 0.15) is 17.5 Å². The number of rotatable bonds is 10. The number of H-pyrrole nitrogens is 2. The first kappa shape index (κ1) is 33.8. The molecule has 0 spiro atoms. The van der Waals surface area contributed by atoms with Gasteiger partial charge in [-0.05, 0) is 91.1 Å². The first-order valence-electron chi connectivity index (χ1n) is 18.6. The number of aromatic nitrogens is 4. The van der Waals surface area contributed by atoms with Gasteiger partial charge in [-0.25, -0.2) is 8.78 Å². The van der Waals surface area contributed by atoms with Gasteiger partial charge in [0.1, 0.15) is 36.1 Å². The van der Waals surface area contributed by atoms with E-state index in [0.717, 1.165) is 89.4 Å². The fraction of sp³-hybridized carbons (Fsp3) is 0.217. The molecule has 0 saturated carbocycles. The van der Waals surface area contributed by atoms with Gasteiger partial charge in [-0.15, -0.1) is 12.8 Å². The molecule has 8 heteroatoms. The number of nitrogens with one attached hydrogen (secondary N) is 2. The van der Waals surface area contributed by atoms with E-state index >= 15 is 0 Å². The second-order valence-electron chi connectivity index (χ2n) is 14.6. The summed E-state index contributed by atoms with van der Waals surface area (Å²) in [5, 5.41) is 4.24. The molecular weight excluding hydrogens is 675 g/mol. The van der Waals surface area contributed by atoms with Gasteiger partial charge in [0.25, 0.3) is 0 Å². The van der Waals surface area contributed by atoms with Crippen LogP contribution in [0, 0.1) is 36.3 Å². The van der Waals surface area contributed by atoms with E-state index in [1.165, 1.54) is 34.3 Å². The van der Waals surface area contributed by atoms with E-state index in [1.54, 1.807) is 12.1 Å². The molecule has 54 heavy (non-hydrogen) atoms. The standard InChI is InChI=1S/C46H41F2N6/c1-3-20-52-23-18-37-43(52)7-5-9-45(37)54(46-10-6-8-44-38(46)19-24-53(44)21-4-2)26-25-51(22-17-33-30-50-42-16-13-35(48)28-40(33)42)36(31-54)14-11-32-29-49-41-15-12-34(47)27-39(32)41/h1-2,5-10,12-13,15-16,18-19,23-24,27-30,36,49-50H,11,14,17,20-22,25-26,31H2/q+1. The summed E-state index contributed by atoms with van der Waals surface area (Å²) in [6.07, 6.45) is 22.3. The van der Waals surface area contributed by atoms with Crippen molar-refractivity contribution in [1.29, 1.82) is 0 Å². The molecule has 0 amide bonds. The third-order valence-electron chi connectivity index (χ3n) is 11.7. The Morgan fingerprint density at radius 3 is 1.80 bits per heavy atom. The molecule has 9 rings (SSSR count). The van der Waals surface area contributed by atoms with E-state index in [2.05, 4.69) is 96.8 Å². The third kappa shape index (κ3) is 5.76. The predicted molar refractivity (Wildman–Crippen MR) is 217 cm³/mol. The molecule has 1 fully saturated rings. The number of piperazine rings is 1. The lowest BCUT2D eigenvalue weighted by atomic mass is 9.96. The van der Waals surface area contributed by atoms with Crippen molar-refractivity contribution in [3.8, 4) is 24.7 Å². The van der Waals surface area contributed by atoms with Crippen LogP contribution in [0.3, 0.4) is 0 Å². The number of quaternary nitrogens is 1. The minimum Gasteiger partial charge on any atom is -0.361 e. The Morgan fingerprint density at radius 1 is 0.685 bits per heavy atom. The first-order valence-corrected chi connectivity index (χ1v) is 18.6. The van der Waals surface area contributed by atoms with Gasteiger partial charge < -0.3 is 19.1 Å². The van der Waals surface area contributed by atoms with Crippen LogP contribution in [-0.4, -0.2) is 56.2 Å². The summed E-state index contributed by atoms with van der Waals surface area (Å²) in [4.78, 5) is 9.33. The highest BCUT2D eigenvalue weighted by Crippen LogP contribution is 2.46. The van der Waals surface area contributed by atoms with E-state index in [4.69, 9.17) is 12.8 Å². The van der Waals surface area contributed by atoms with Crippen LogP contribution < -0.4 is 4.48 Å². The van der Waals surface area contributed by atoms with Crippen molar-refractivity contribution in [2.75, 3.05) is 26.2 Å². The van der Waals surface area contributed by atoms with E-state index in [-0.39, 0.29) is 17.7 Å². The van der Waals surface area contributed by atoms with Crippen molar-refractivity contribution >= 4 is 55.0 Å². The smallest absolute Gasteiger partial charge is 0.147 e. The van der Waals surface area contributed by atoms with Gasteiger partial charge in [0.15, 0.2) is 0 Å². The Bertz CT molecular complexity index is 2650. The van der Waals surface area contributed by atoms with Crippen molar-refractivity contribution < 1.29 is 8.78 Å². The summed E-state index contributed by atoms with van der Waals surface area (Å²) in [5.41, 5.74) is 8.83. The summed E-state index contributed by atoms with van der Waals surface area (Å²) in [5.74, 6) is 5.18. The van der Waals surface area contributed by atoms with Gasteiger partial charge in [0.05, 0.1) is 40.9 Å². The van der Waals surface area contributed by atoms with Crippen LogP contribution in [0.4, 0.5) is 20.2 Å². The Morgan fingerprint density at radius 2 is 1.24 bits per heavy atom. The molecule has 1 aliphatic rings. The van der Waals surface area contributed by atoms with Crippen LogP contribution in [0.2, 0.25) is 0 Å². The Hall–Kier alpha value is -6.06. The molecule has 2 N–H and O–H groups in total. The largest absolute Gasteiger partial charge is 0.361 e. The lowest BCUT2D eigenvalue weighted by Gasteiger charge is -2.48. The average Bonchev–Trinajstić information content (AvgIpc) is 3.99. The number of benzene rings is 4. The highest BCUT2D eigenvalue weighted by molar-refractivity contribution is 5.99. The Labute approximate surface area is 313 Å². The predicted octanol–water partition coefficient (Wildman–Crippen LogP) is 9.30. The molecule has 4 aromatic heterocycles. The van der Waals surface area contributed by atoms with E-state index < -0.39 is 0 Å². The zero-order valence-corrected chi connectivity index (χ0v) is 30.0. The second kappa shape index (κ2) is 13.7. The van der Waals surface area contributed by atoms with Crippen LogP contribution in [-0.2, 0) is 25.9 Å². The molecule has 8 aromatic rings. The normalized spacial score (nSPS) is 16.0. The van der Waals surface area contributed by atoms with Crippen molar-refractivity contribution in [3.05, 3.63) is 132 Å². The number of hydrogen-bond acceptors (Lipinski definition) is 1. The monoisotopic (exact) mass is 715 g/mol. The Balaban J connectivity index is 1.16. The van der Waals surface area contributed by atoms with Crippen molar-refractivity contribution in [3.63, 3.8) is 0 Å². The number of terminal acetylenes is 2. The number of aromatic amines is 2. The van der Waals surface area contributed by atoms with Crippen LogP contribution in [0.5, 0.6) is 0 Å². The lowest BCUT2D eigenvalue weighted by Crippen LogP contribution is -2.62. The second-order valence-corrected chi connectivity index (χ2v) is 14.6. The van der Waals surface area contributed by atoms with Crippen molar-refractivity contribution in [2.45, 2.75) is 38.4 Å². The summed E-state index contributed by atoms with van der Waals surface area (Å²) >= 11 is 0. The molecule has 0 bridgehead atoms. The third-order valence-corrected chi connectivity index (χ3v) is 11.7. The molecule has 5 heterocycles. The van der Waals surface area contributed by atoms with Gasteiger partial charge in [-0.1, -0.05) is 24.0 Å². The molecule has 1 saturated heterocycles. The summed E-state index contributed by atoms with van der Waals surface area (Å²) in [7, 11) is 0. The van der Waals surface area contributed by atoms with E-state index in [1.807, 2.05) is 24.5 Å². The molecule has 1 atom stereocenters. The molecule has 0 radical (unpaired) electrons.